The molecule has 16 heavy (non-hydrogen) atoms. The highest BCUT2D eigenvalue weighted by atomic mass is 32.1. The Hall–Kier alpha value is -1.19. The zero-order valence-corrected chi connectivity index (χ0v) is 10.1. The first-order valence-corrected chi connectivity index (χ1v) is 5.93. The molecule has 0 atom stereocenters. The topological polar surface area (TPSA) is 26.0 Å². The molecule has 0 spiro atoms. The van der Waals surface area contributed by atoms with E-state index >= 15 is 0 Å². The van der Waals surface area contributed by atoms with Crippen LogP contribution < -0.4 is 5.73 Å². The minimum atomic E-state index is -0.317. The van der Waals surface area contributed by atoms with Gasteiger partial charge in [0.25, 0.3) is 0 Å². The third kappa shape index (κ3) is 2.31. The average molecular weight is 235 g/mol. The van der Waals surface area contributed by atoms with Gasteiger partial charge in [0, 0.05) is 15.3 Å². The van der Waals surface area contributed by atoms with Gasteiger partial charge in [-0.1, -0.05) is 12.1 Å². The molecule has 84 valence electrons. The van der Waals surface area contributed by atoms with E-state index in [1.54, 1.807) is 23.5 Å². The predicted octanol–water partition coefficient (Wildman–Crippen LogP) is 3.75. The Morgan fingerprint density at radius 1 is 1.06 bits per heavy atom. The van der Waals surface area contributed by atoms with Crippen LogP contribution in [-0.2, 0) is 5.54 Å². The Bertz CT molecular complexity index is 479. The van der Waals surface area contributed by atoms with Crippen molar-refractivity contribution in [1.82, 2.24) is 0 Å². The molecule has 1 heterocycles. The molecule has 0 fully saturated rings. The Morgan fingerprint density at radius 2 is 1.69 bits per heavy atom. The van der Waals surface area contributed by atoms with Gasteiger partial charge in [0.15, 0.2) is 0 Å². The standard InChI is InChI=1S/C13H14FNS/c1-13(2,15)12-8-7-11(16-12)9-3-5-10(14)6-4-9/h3-8H,15H2,1-2H3. The van der Waals surface area contributed by atoms with Crippen molar-refractivity contribution in [3.8, 4) is 10.4 Å². The molecule has 2 aromatic rings. The van der Waals surface area contributed by atoms with Gasteiger partial charge in [-0.2, -0.15) is 0 Å². The van der Waals surface area contributed by atoms with E-state index in [0.717, 1.165) is 15.3 Å². The van der Waals surface area contributed by atoms with E-state index in [1.165, 1.54) is 12.1 Å². The lowest BCUT2D eigenvalue weighted by atomic mass is 10.1. The fourth-order valence-electron chi connectivity index (χ4n) is 1.45. The number of nitrogens with two attached hydrogens (primary N) is 1. The second-order valence-electron chi connectivity index (χ2n) is 4.39. The molecule has 0 aliphatic carbocycles. The Kier molecular flexibility index (Phi) is 2.82. The van der Waals surface area contributed by atoms with E-state index in [1.807, 2.05) is 26.0 Å². The van der Waals surface area contributed by atoms with Crippen LogP contribution in [0.3, 0.4) is 0 Å². The van der Waals surface area contributed by atoms with Crippen molar-refractivity contribution in [2.24, 2.45) is 5.73 Å². The Morgan fingerprint density at radius 3 is 2.19 bits per heavy atom. The highest BCUT2D eigenvalue weighted by Crippen LogP contribution is 2.32. The molecular weight excluding hydrogens is 221 g/mol. The van der Waals surface area contributed by atoms with Crippen LogP contribution in [0.1, 0.15) is 18.7 Å². The zero-order valence-electron chi connectivity index (χ0n) is 9.33. The number of hydrogen-bond acceptors (Lipinski definition) is 2. The van der Waals surface area contributed by atoms with Crippen molar-refractivity contribution in [3.63, 3.8) is 0 Å². The molecule has 1 aromatic heterocycles. The maximum atomic E-state index is 12.8. The fourth-order valence-corrected chi connectivity index (χ4v) is 2.48. The molecule has 0 radical (unpaired) electrons. The van der Waals surface area contributed by atoms with Gasteiger partial charge in [0.1, 0.15) is 5.82 Å². The van der Waals surface area contributed by atoms with Gasteiger partial charge >= 0.3 is 0 Å². The van der Waals surface area contributed by atoms with Crippen molar-refractivity contribution in [3.05, 3.63) is 47.1 Å². The third-order valence-corrected chi connectivity index (χ3v) is 3.84. The van der Waals surface area contributed by atoms with Gasteiger partial charge in [-0.3, -0.25) is 0 Å². The minimum absolute atomic E-state index is 0.209. The van der Waals surface area contributed by atoms with Gasteiger partial charge in [0.05, 0.1) is 0 Å². The molecule has 2 N–H and O–H groups in total. The molecule has 0 aliphatic heterocycles. The lowest BCUT2D eigenvalue weighted by Gasteiger charge is -2.15. The molecule has 1 nitrogen and oxygen atoms in total. The average Bonchev–Trinajstić information content (AvgIpc) is 2.67. The Labute approximate surface area is 98.7 Å². The van der Waals surface area contributed by atoms with Crippen molar-refractivity contribution in [2.45, 2.75) is 19.4 Å². The van der Waals surface area contributed by atoms with Crippen LogP contribution in [0.25, 0.3) is 10.4 Å². The fraction of sp³-hybridized carbons (Fsp3) is 0.231. The first-order valence-electron chi connectivity index (χ1n) is 5.12. The first-order chi connectivity index (χ1) is 7.47. The summed E-state index contributed by atoms with van der Waals surface area (Å²) in [6, 6.07) is 10.6. The summed E-state index contributed by atoms with van der Waals surface area (Å²) in [6.07, 6.45) is 0. The van der Waals surface area contributed by atoms with Crippen molar-refractivity contribution >= 4 is 11.3 Å². The lowest BCUT2D eigenvalue weighted by molar-refractivity contribution is 0.567. The van der Waals surface area contributed by atoms with Crippen LogP contribution in [0.2, 0.25) is 0 Å². The van der Waals surface area contributed by atoms with Crippen molar-refractivity contribution < 1.29 is 4.39 Å². The first kappa shape index (κ1) is 11.3. The van der Waals surface area contributed by atoms with E-state index in [4.69, 9.17) is 5.73 Å². The summed E-state index contributed by atoms with van der Waals surface area (Å²) in [5.74, 6) is -0.209. The molecule has 0 amide bonds. The summed E-state index contributed by atoms with van der Waals surface area (Å²) in [4.78, 5) is 2.25. The number of thiophene rings is 1. The largest absolute Gasteiger partial charge is 0.321 e. The van der Waals surface area contributed by atoms with Crippen LogP contribution >= 0.6 is 11.3 Å². The van der Waals surface area contributed by atoms with Crippen LogP contribution in [0, 0.1) is 5.82 Å². The lowest BCUT2D eigenvalue weighted by Crippen LogP contribution is -2.27. The summed E-state index contributed by atoms with van der Waals surface area (Å²) < 4.78 is 12.8. The second kappa shape index (κ2) is 4.00. The van der Waals surface area contributed by atoms with E-state index in [9.17, 15) is 4.39 Å². The van der Waals surface area contributed by atoms with E-state index in [2.05, 4.69) is 0 Å². The molecule has 0 saturated carbocycles. The zero-order chi connectivity index (χ0) is 11.8. The molecule has 3 heteroatoms. The molecule has 0 aliphatic rings. The molecule has 1 aromatic carbocycles. The van der Waals surface area contributed by atoms with Crippen molar-refractivity contribution in [1.29, 1.82) is 0 Å². The van der Waals surface area contributed by atoms with Crippen LogP contribution in [0.5, 0.6) is 0 Å². The highest BCUT2D eigenvalue weighted by molar-refractivity contribution is 7.15. The van der Waals surface area contributed by atoms with Crippen LogP contribution in [0.4, 0.5) is 4.39 Å². The van der Waals surface area contributed by atoms with Crippen LogP contribution in [0.15, 0.2) is 36.4 Å². The summed E-state index contributed by atoms with van der Waals surface area (Å²) >= 11 is 1.65. The van der Waals surface area contributed by atoms with Crippen molar-refractivity contribution in [2.75, 3.05) is 0 Å². The predicted molar refractivity (Wildman–Crippen MR) is 66.9 cm³/mol. The second-order valence-corrected chi connectivity index (χ2v) is 5.48. The summed E-state index contributed by atoms with van der Waals surface area (Å²) in [7, 11) is 0. The van der Waals surface area contributed by atoms with Gasteiger partial charge in [-0.25, -0.2) is 4.39 Å². The van der Waals surface area contributed by atoms with E-state index in [-0.39, 0.29) is 11.4 Å². The minimum Gasteiger partial charge on any atom is -0.321 e. The maximum absolute atomic E-state index is 12.8. The SMILES string of the molecule is CC(C)(N)c1ccc(-c2ccc(F)cc2)s1. The van der Waals surface area contributed by atoms with Gasteiger partial charge in [0.2, 0.25) is 0 Å². The normalized spacial score (nSPS) is 11.8. The van der Waals surface area contributed by atoms with Gasteiger partial charge in [-0.15, -0.1) is 11.3 Å². The number of hydrogen-bond donors (Lipinski definition) is 1. The number of halogens is 1. The monoisotopic (exact) mass is 235 g/mol. The smallest absolute Gasteiger partial charge is 0.123 e. The number of benzene rings is 1. The summed E-state index contributed by atoms with van der Waals surface area (Å²) in [5.41, 5.74) is 6.74. The van der Waals surface area contributed by atoms with Crippen LogP contribution in [-0.4, -0.2) is 0 Å². The van der Waals surface area contributed by atoms with E-state index < -0.39 is 0 Å². The van der Waals surface area contributed by atoms with Gasteiger partial charge in [-0.05, 0) is 43.7 Å². The van der Waals surface area contributed by atoms with E-state index in [0.29, 0.717) is 0 Å². The quantitative estimate of drug-likeness (QED) is 0.843. The summed E-state index contributed by atoms with van der Waals surface area (Å²) in [6.45, 7) is 3.96. The summed E-state index contributed by atoms with van der Waals surface area (Å²) in [5, 5.41) is 0. The molecule has 0 bridgehead atoms. The molecule has 2 rings (SSSR count). The van der Waals surface area contributed by atoms with Gasteiger partial charge < -0.3 is 5.73 Å². The maximum Gasteiger partial charge on any atom is 0.123 e. The highest BCUT2D eigenvalue weighted by Gasteiger charge is 2.16. The number of rotatable bonds is 2. The third-order valence-electron chi connectivity index (χ3n) is 2.37. The Balaban J connectivity index is 2.35. The molecular formula is C13H14FNS. The molecule has 0 saturated heterocycles. The molecule has 0 unspecified atom stereocenters.